The van der Waals surface area contributed by atoms with Crippen molar-refractivity contribution in [2.45, 2.75) is 32.4 Å². The number of aromatic carboxylic acids is 1. The van der Waals surface area contributed by atoms with Gasteiger partial charge in [0.2, 0.25) is 0 Å². The molecule has 0 radical (unpaired) electrons. The molecule has 1 aliphatic rings. The minimum Gasteiger partial charge on any atom is -0.477 e. The molecule has 1 saturated heterocycles. The first-order valence-electron chi connectivity index (χ1n) is 6.71. The smallest absolute Gasteiger partial charge is 0.354 e. The van der Waals surface area contributed by atoms with Crippen molar-refractivity contribution in [2.24, 2.45) is 0 Å². The van der Waals surface area contributed by atoms with Crippen molar-refractivity contribution in [1.82, 2.24) is 9.88 Å². The number of hydrogen-bond donors (Lipinski definition) is 1. The molecule has 0 saturated carbocycles. The summed E-state index contributed by atoms with van der Waals surface area (Å²) >= 11 is 0. The molecule has 2 heterocycles. The molecule has 5 heteroatoms. The average molecular weight is 264 g/mol. The summed E-state index contributed by atoms with van der Waals surface area (Å²) in [7, 11) is 0. The third-order valence-electron chi connectivity index (χ3n) is 3.50. The van der Waals surface area contributed by atoms with E-state index in [1.165, 1.54) is 6.07 Å². The molecule has 1 aromatic heterocycles. The summed E-state index contributed by atoms with van der Waals surface area (Å²) in [5, 5.41) is 8.96. The Balaban J connectivity index is 2.04. The molecule has 2 rings (SSSR count). The maximum Gasteiger partial charge on any atom is 0.354 e. The topological polar surface area (TPSA) is 62.7 Å². The fourth-order valence-electron chi connectivity index (χ4n) is 2.44. The molecule has 1 fully saturated rings. The first-order chi connectivity index (χ1) is 9.20. The second kappa shape index (κ2) is 6.63. The van der Waals surface area contributed by atoms with E-state index in [1.807, 2.05) is 6.07 Å². The van der Waals surface area contributed by atoms with Crippen LogP contribution in [0.3, 0.4) is 0 Å². The third kappa shape index (κ3) is 3.75. The Labute approximate surface area is 113 Å². The van der Waals surface area contributed by atoms with Crippen LogP contribution in [0.4, 0.5) is 0 Å². The number of rotatable bonds is 5. The summed E-state index contributed by atoms with van der Waals surface area (Å²) in [5.74, 6) is -0.976. The lowest BCUT2D eigenvalue weighted by molar-refractivity contribution is 0.0325. The van der Waals surface area contributed by atoms with Crippen LogP contribution in [0.15, 0.2) is 18.2 Å². The zero-order valence-corrected chi connectivity index (χ0v) is 11.2. The fraction of sp³-hybridized carbons (Fsp3) is 0.571. The third-order valence-corrected chi connectivity index (χ3v) is 3.50. The van der Waals surface area contributed by atoms with Gasteiger partial charge < -0.3 is 9.84 Å². The molecular weight excluding hydrogens is 244 g/mol. The van der Waals surface area contributed by atoms with Gasteiger partial charge in [-0.3, -0.25) is 4.90 Å². The molecule has 1 N–H and O–H groups in total. The van der Waals surface area contributed by atoms with E-state index in [4.69, 9.17) is 9.84 Å². The summed E-state index contributed by atoms with van der Waals surface area (Å²) in [6, 6.07) is 5.67. The Hall–Kier alpha value is -1.46. The Morgan fingerprint density at radius 2 is 2.21 bits per heavy atom. The lowest BCUT2D eigenvalue weighted by atomic mass is 10.1. The van der Waals surface area contributed by atoms with Crippen LogP contribution in [-0.2, 0) is 11.3 Å². The minimum absolute atomic E-state index is 0.112. The van der Waals surface area contributed by atoms with Gasteiger partial charge >= 0.3 is 5.97 Å². The van der Waals surface area contributed by atoms with Crippen molar-refractivity contribution < 1.29 is 14.6 Å². The molecule has 0 aromatic carbocycles. The van der Waals surface area contributed by atoms with Crippen LogP contribution in [0.25, 0.3) is 0 Å². The predicted octanol–water partition coefficient (Wildman–Crippen LogP) is 1.78. The first kappa shape index (κ1) is 14.0. The van der Waals surface area contributed by atoms with E-state index >= 15 is 0 Å². The number of ether oxygens (including phenoxy) is 1. The van der Waals surface area contributed by atoms with Crippen LogP contribution in [0, 0.1) is 0 Å². The van der Waals surface area contributed by atoms with Crippen LogP contribution in [0.2, 0.25) is 0 Å². The molecule has 104 valence electrons. The van der Waals surface area contributed by atoms with E-state index < -0.39 is 5.97 Å². The summed E-state index contributed by atoms with van der Waals surface area (Å²) in [6.07, 6.45) is 2.07. The van der Waals surface area contributed by atoms with Gasteiger partial charge in [-0.2, -0.15) is 0 Å². The Kier molecular flexibility index (Phi) is 4.87. The van der Waals surface area contributed by atoms with Gasteiger partial charge in [0, 0.05) is 25.8 Å². The number of nitrogens with zero attached hydrogens (tertiary/aromatic N) is 2. The van der Waals surface area contributed by atoms with Gasteiger partial charge in [0.25, 0.3) is 0 Å². The maximum absolute atomic E-state index is 10.9. The van der Waals surface area contributed by atoms with E-state index in [0.29, 0.717) is 12.6 Å². The van der Waals surface area contributed by atoms with Crippen LogP contribution in [0.1, 0.15) is 35.9 Å². The van der Waals surface area contributed by atoms with Gasteiger partial charge in [0.05, 0.1) is 5.69 Å². The molecule has 1 aromatic rings. The average Bonchev–Trinajstić information content (AvgIpc) is 2.46. The van der Waals surface area contributed by atoms with Crippen molar-refractivity contribution >= 4 is 5.97 Å². The van der Waals surface area contributed by atoms with Gasteiger partial charge in [-0.15, -0.1) is 0 Å². The highest BCUT2D eigenvalue weighted by Gasteiger charge is 2.20. The van der Waals surface area contributed by atoms with Crippen LogP contribution in [-0.4, -0.2) is 46.8 Å². The largest absolute Gasteiger partial charge is 0.477 e. The van der Waals surface area contributed by atoms with Gasteiger partial charge in [-0.1, -0.05) is 13.0 Å². The van der Waals surface area contributed by atoms with E-state index in [0.717, 1.165) is 38.3 Å². The highest BCUT2D eigenvalue weighted by atomic mass is 16.5. The summed E-state index contributed by atoms with van der Waals surface area (Å²) in [4.78, 5) is 17.4. The van der Waals surface area contributed by atoms with Crippen LogP contribution in [0.5, 0.6) is 0 Å². The van der Waals surface area contributed by atoms with E-state index in [2.05, 4.69) is 16.8 Å². The number of carboxylic acid groups (broad SMARTS) is 1. The zero-order chi connectivity index (χ0) is 13.7. The van der Waals surface area contributed by atoms with Crippen LogP contribution < -0.4 is 0 Å². The molecule has 0 aliphatic carbocycles. The number of aromatic nitrogens is 1. The lowest BCUT2D eigenvalue weighted by Gasteiger charge is -2.33. The molecule has 19 heavy (non-hydrogen) atoms. The molecule has 0 bridgehead atoms. The van der Waals surface area contributed by atoms with Gasteiger partial charge in [0.1, 0.15) is 5.69 Å². The predicted molar refractivity (Wildman–Crippen MR) is 71.1 cm³/mol. The molecular formula is C14H20N2O3. The maximum atomic E-state index is 10.9. The fourth-order valence-corrected chi connectivity index (χ4v) is 2.44. The minimum atomic E-state index is -0.976. The highest BCUT2D eigenvalue weighted by molar-refractivity contribution is 5.85. The second-order valence-corrected chi connectivity index (χ2v) is 4.73. The summed E-state index contributed by atoms with van der Waals surface area (Å²) in [5.41, 5.74) is 0.925. The standard InChI is InChI=1S/C14H20N2O3/c1-2-16(12-6-8-19-9-7-12)10-11-4-3-5-13(15-11)14(17)18/h3-5,12H,2,6-10H2,1H3,(H,17,18). The molecule has 0 atom stereocenters. The number of pyridine rings is 1. The van der Waals surface area contributed by atoms with E-state index in [1.54, 1.807) is 6.07 Å². The van der Waals surface area contributed by atoms with Crippen molar-refractivity contribution in [3.63, 3.8) is 0 Å². The van der Waals surface area contributed by atoms with Crippen molar-refractivity contribution in [3.8, 4) is 0 Å². The lowest BCUT2D eigenvalue weighted by Crippen LogP contribution is -2.39. The summed E-state index contributed by atoms with van der Waals surface area (Å²) in [6.45, 7) is 5.37. The number of carboxylic acids is 1. The monoisotopic (exact) mass is 264 g/mol. The number of hydrogen-bond acceptors (Lipinski definition) is 4. The van der Waals surface area contributed by atoms with Gasteiger partial charge in [-0.25, -0.2) is 9.78 Å². The summed E-state index contributed by atoms with van der Waals surface area (Å²) < 4.78 is 5.38. The van der Waals surface area contributed by atoms with Crippen molar-refractivity contribution in [2.75, 3.05) is 19.8 Å². The molecule has 1 aliphatic heterocycles. The van der Waals surface area contributed by atoms with Gasteiger partial charge in [0.15, 0.2) is 0 Å². The van der Waals surface area contributed by atoms with Crippen molar-refractivity contribution in [3.05, 3.63) is 29.6 Å². The van der Waals surface area contributed by atoms with Crippen LogP contribution >= 0.6 is 0 Å². The Morgan fingerprint density at radius 3 is 2.84 bits per heavy atom. The number of carbonyl (C=O) groups is 1. The molecule has 0 spiro atoms. The molecule has 0 unspecified atom stereocenters. The van der Waals surface area contributed by atoms with Gasteiger partial charge in [-0.05, 0) is 31.5 Å². The Bertz CT molecular complexity index is 430. The SMILES string of the molecule is CCN(Cc1cccc(C(=O)O)n1)C1CCOCC1. The van der Waals surface area contributed by atoms with E-state index in [-0.39, 0.29) is 5.69 Å². The molecule has 0 amide bonds. The zero-order valence-electron chi connectivity index (χ0n) is 11.2. The van der Waals surface area contributed by atoms with E-state index in [9.17, 15) is 4.79 Å². The van der Waals surface area contributed by atoms with Crippen molar-refractivity contribution in [1.29, 1.82) is 0 Å². The first-order valence-corrected chi connectivity index (χ1v) is 6.71. The Morgan fingerprint density at radius 1 is 1.47 bits per heavy atom. The normalized spacial score (nSPS) is 16.7. The highest BCUT2D eigenvalue weighted by Crippen LogP contribution is 2.16. The molecule has 5 nitrogen and oxygen atoms in total. The second-order valence-electron chi connectivity index (χ2n) is 4.73. The quantitative estimate of drug-likeness (QED) is 0.878.